The van der Waals surface area contributed by atoms with Crippen molar-refractivity contribution in [2.24, 2.45) is 0 Å². The van der Waals surface area contributed by atoms with E-state index in [2.05, 4.69) is 0 Å². The molecule has 0 N–H and O–H groups in total. The molecular formula is C14H11F3N2O2S2. The predicted octanol–water partition coefficient (Wildman–Crippen LogP) is 3.30. The number of anilines is 1. The largest absolute Gasteiger partial charge is 0.406 e. The number of amides is 2. The molecule has 23 heavy (non-hydrogen) atoms. The smallest absolute Gasteiger partial charge is 0.287 e. The van der Waals surface area contributed by atoms with Crippen LogP contribution < -0.4 is 4.90 Å². The SMILES string of the molecule is CC(=O)N(C=C1SC(=S)N(CC(F)(F)F)C1=O)c1ccccc1. The molecule has 122 valence electrons. The van der Waals surface area contributed by atoms with Gasteiger partial charge in [0.05, 0.1) is 4.91 Å². The van der Waals surface area contributed by atoms with Crippen LogP contribution >= 0.6 is 24.0 Å². The summed E-state index contributed by atoms with van der Waals surface area (Å²) in [5.74, 6) is -1.24. The maximum atomic E-state index is 12.5. The van der Waals surface area contributed by atoms with E-state index < -0.39 is 18.6 Å². The molecule has 2 amide bonds. The fourth-order valence-corrected chi connectivity index (χ4v) is 3.08. The average molecular weight is 360 g/mol. The lowest BCUT2D eigenvalue weighted by atomic mass is 10.3. The summed E-state index contributed by atoms with van der Waals surface area (Å²) in [7, 11) is 0. The van der Waals surface area contributed by atoms with Gasteiger partial charge in [0, 0.05) is 18.8 Å². The lowest BCUT2D eigenvalue weighted by Gasteiger charge is -2.18. The first kappa shape index (κ1) is 17.5. The quantitative estimate of drug-likeness (QED) is 0.613. The molecule has 0 radical (unpaired) electrons. The van der Waals surface area contributed by atoms with Crippen LogP contribution in [0.4, 0.5) is 18.9 Å². The van der Waals surface area contributed by atoms with E-state index in [9.17, 15) is 22.8 Å². The third-order valence-corrected chi connectivity index (χ3v) is 4.20. The Hall–Kier alpha value is -1.87. The van der Waals surface area contributed by atoms with Gasteiger partial charge in [-0.15, -0.1) is 0 Å². The van der Waals surface area contributed by atoms with Gasteiger partial charge in [-0.1, -0.05) is 42.2 Å². The van der Waals surface area contributed by atoms with Gasteiger partial charge in [-0.25, -0.2) is 0 Å². The molecule has 0 saturated carbocycles. The summed E-state index contributed by atoms with van der Waals surface area (Å²) >= 11 is 5.56. The molecule has 1 aromatic rings. The van der Waals surface area contributed by atoms with E-state index in [4.69, 9.17) is 12.2 Å². The highest BCUT2D eigenvalue weighted by Gasteiger charge is 2.40. The Morgan fingerprint density at radius 1 is 1.35 bits per heavy atom. The molecule has 0 aromatic heterocycles. The summed E-state index contributed by atoms with van der Waals surface area (Å²) in [5, 5.41) is 0. The van der Waals surface area contributed by atoms with E-state index in [0.717, 1.165) is 11.8 Å². The molecule has 0 aliphatic carbocycles. The van der Waals surface area contributed by atoms with Gasteiger partial charge in [-0.3, -0.25) is 19.4 Å². The monoisotopic (exact) mass is 360 g/mol. The van der Waals surface area contributed by atoms with Crippen LogP contribution in [0.25, 0.3) is 0 Å². The van der Waals surface area contributed by atoms with Crippen molar-refractivity contribution in [2.45, 2.75) is 13.1 Å². The van der Waals surface area contributed by atoms with Crippen molar-refractivity contribution < 1.29 is 22.8 Å². The van der Waals surface area contributed by atoms with E-state index in [0.29, 0.717) is 10.6 Å². The van der Waals surface area contributed by atoms with Crippen molar-refractivity contribution in [2.75, 3.05) is 11.4 Å². The van der Waals surface area contributed by atoms with Gasteiger partial charge in [-0.05, 0) is 12.1 Å². The standard InChI is InChI=1S/C14H11F3N2O2S2/c1-9(20)18(10-5-3-2-4-6-10)7-11-12(21)19(13(22)23-11)8-14(15,16)17/h2-7H,8H2,1H3. The topological polar surface area (TPSA) is 40.6 Å². The molecule has 0 bridgehead atoms. The van der Waals surface area contributed by atoms with Gasteiger partial charge in [0.2, 0.25) is 5.91 Å². The minimum atomic E-state index is -4.55. The summed E-state index contributed by atoms with van der Waals surface area (Å²) in [6.07, 6.45) is -3.33. The Kier molecular flexibility index (Phi) is 5.10. The Morgan fingerprint density at radius 3 is 2.48 bits per heavy atom. The number of nitrogens with zero attached hydrogens (tertiary/aromatic N) is 2. The lowest BCUT2D eigenvalue weighted by Crippen LogP contribution is -2.37. The molecular weight excluding hydrogens is 349 g/mol. The van der Waals surface area contributed by atoms with Crippen molar-refractivity contribution in [1.82, 2.24) is 4.90 Å². The third-order valence-electron chi connectivity index (χ3n) is 2.83. The number of thiocarbonyl (C=S) groups is 1. The molecule has 4 nitrogen and oxygen atoms in total. The zero-order valence-electron chi connectivity index (χ0n) is 11.8. The number of thioether (sulfide) groups is 1. The van der Waals surface area contributed by atoms with E-state index in [-0.39, 0.29) is 15.1 Å². The Bertz CT molecular complexity index is 674. The van der Waals surface area contributed by atoms with Crippen LogP contribution in [0.15, 0.2) is 41.4 Å². The van der Waals surface area contributed by atoms with E-state index in [1.54, 1.807) is 30.3 Å². The molecule has 1 aliphatic heterocycles. The first-order valence-electron chi connectivity index (χ1n) is 6.36. The molecule has 9 heteroatoms. The third kappa shape index (κ3) is 4.32. The number of benzene rings is 1. The number of rotatable bonds is 3. The van der Waals surface area contributed by atoms with E-state index >= 15 is 0 Å². The number of hydrogen-bond acceptors (Lipinski definition) is 4. The Labute approximate surface area is 139 Å². The summed E-state index contributed by atoms with van der Waals surface area (Å²) in [6, 6.07) is 8.45. The highest BCUT2D eigenvalue weighted by atomic mass is 32.2. The van der Waals surface area contributed by atoms with Crippen LogP contribution in [-0.2, 0) is 9.59 Å². The second kappa shape index (κ2) is 6.71. The van der Waals surface area contributed by atoms with Gasteiger partial charge in [-0.2, -0.15) is 13.2 Å². The molecule has 1 aliphatic rings. The molecule has 1 heterocycles. The van der Waals surface area contributed by atoms with Crippen LogP contribution in [-0.4, -0.2) is 33.8 Å². The lowest BCUT2D eigenvalue weighted by molar-refractivity contribution is -0.149. The number of carbonyl (C=O) groups is 2. The number of hydrogen-bond donors (Lipinski definition) is 0. The van der Waals surface area contributed by atoms with Crippen LogP contribution in [0.1, 0.15) is 6.92 Å². The van der Waals surface area contributed by atoms with Gasteiger partial charge in [0.1, 0.15) is 10.9 Å². The number of carbonyl (C=O) groups excluding carboxylic acids is 2. The summed E-state index contributed by atoms with van der Waals surface area (Å²) in [6.45, 7) is -0.152. The molecule has 1 fully saturated rings. The molecule has 0 atom stereocenters. The van der Waals surface area contributed by atoms with Crippen LogP contribution in [0.3, 0.4) is 0 Å². The van der Waals surface area contributed by atoms with Crippen molar-refractivity contribution in [3.05, 3.63) is 41.4 Å². The highest BCUT2D eigenvalue weighted by molar-refractivity contribution is 8.26. The summed E-state index contributed by atoms with van der Waals surface area (Å²) in [5.41, 5.74) is 0.501. The van der Waals surface area contributed by atoms with Crippen molar-refractivity contribution >= 4 is 45.8 Å². The highest BCUT2D eigenvalue weighted by Crippen LogP contribution is 2.34. The number of alkyl halides is 3. The fraction of sp³-hybridized carbons (Fsp3) is 0.214. The summed E-state index contributed by atoms with van der Waals surface area (Å²) < 4.78 is 37.3. The number of para-hydroxylation sites is 1. The van der Waals surface area contributed by atoms with Gasteiger partial charge < -0.3 is 0 Å². The van der Waals surface area contributed by atoms with Crippen LogP contribution in [0.2, 0.25) is 0 Å². The summed E-state index contributed by atoms with van der Waals surface area (Å²) in [4.78, 5) is 25.5. The fourth-order valence-electron chi connectivity index (χ4n) is 1.86. The first-order valence-corrected chi connectivity index (χ1v) is 7.58. The minimum Gasteiger partial charge on any atom is -0.287 e. The first-order chi connectivity index (χ1) is 10.7. The predicted molar refractivity (Wildman–Crippen MR) is 85.6 cm³/mol. The Balaban J connectivity index is 2.29. The second-order valence-corrected chi connectivity index (χ2v) is 6.27. The molecule has 0 unspecified atom stereocenters. The number of halogens is 3. The maximum Gasteiger partial charge on any atom is 0.406 e. The van der Waals surface area contributed by atoms with Crippen molar-refractivity contribution in [3.63, 3.8) is 0 Å². The van der Waals surface area contributed by atoms with E-state index in [1.807, 2.05) is 0 Å². The van der Waals surface area contributed by atoms with Crippen molar-refractivity contribution in [1.29, 1.82) is 0 Å². The molecule has 1 aromatic carbocycles. The van der Waals surface area contributed by atoms with Gasteiger partial charge >= 0.3 is 6.18 Å². The van der Waals surface area contributed by atoms with Crippen molar-refractivity contribution in [3.8, 4) is 0 Å². The molecule has 2 rings (SSSR count). The molecule has 1 saturated heterocycles. The van der Waals surface area contributed by atoms with E-state index in [1.165, 1.54) is 18.0 Å². The van der Waals surface area contributed by atoms with Crippen LogP contribution in [0, 0.1) is 0 Å². The normalized spacial score (nSPS) is 17.0. The van der Waals surface area contributed by atoms with Gasteiger partial charge in [0.25, 0.3) is 5.91 Å². The second-order valence-electron chi connectivity index (χ2n) is 4.59. The minimum absolute atomic E-state index is 0.0293. The molecule has 0 spiro atoms. The average Bonchev–Trinajstić information content (AvgIpc) is 2.71. The Morgan fingerprint density at radius 2 is 1.96 bits per heavy atom. The zero-order valence-corrected chi connectivity index (χ0v) is 13.5. The van der Waals surface area contributed by atoms with Crippen LogP contribution in [0.5, 0.6) is 0 Å². The maximum absolute atomic E-state index is 12.5. The zero-order chi connectivity index (χ0) is 17.2. The van der Waals surface area contributed by atoms with Gasteiger partial charge in [0.15, 0.2) is 0 Å².